The minimum Gasteiger partial charge on any atom is -0.504 e. The van der Waals surface area contributed by atoms with E-state index >= 15 is 0 Å². The minimum absolute atomic E-state index is 0.231. The molecule has 88 valence electrons. The number of ether oxygens (including phenoxy) is 1. The Morgan fingerprint density at radius 3 is 2.44 bits per heavy atom. The van der Waals surface area contributed by atoms with Gasteiger partial charge < -0.3 is 15.6 Å². The zero-order chi connectivity index (χ0) is 11.9. The fourth-order valence-corrected chi connectivity index (χ4v) is 2.28. The van der Waals surface area contributed by atoms with Crippen LogP contribution in [0.5, 0.6) is 11.5 Å². The highest BCUT2D eigenvalue weighted by Gasteiger charge is 2.38. The van der Waals surface area contributed by atoms with Gasteiger partial charge in [0.05, 0.1) is 7.11 Å². The summed E-state index contributed by atoms with van der Waals surface area (Å²) in [5.41, 5.74) is 8.86. The molecular weight excluding hydrogens is 202 g/mol. The van der Waals surface area contributed by atoms with Crippen LogP contribution in [0, 0.1) is 13.8 Å². The Bertz CT molecular complexity index is 422. The zero-order valence-electron chi connectivity index (χ0n) is 10.1. The van der Waals surface area contributed by atoms with Crippen LogP contribution in [-0.2, 0) is 5.54 Å². The molecular formula is C13H19NO2. The van der Waals surface area contributed by atoms with Crippen LogP contribution in [0.1, 0.15) is 36.0 Å². The summed E-state index contributed by atoms with van der Waals surface area (Å²) in [7, 11) is 1.58. The third kappa shape index (κ3) is 1.47. The second-order valence-electron chi connectivity index (χ2n) is 4.76. The van der Waals surface area contributed by atoms with Crippen molar-refractivity contribution in [1.29, 1.82) is 0 Å². The van der Waals surface area contributed by atoms with E-state index in [4.69, 9.17) is 10.5 Å². The monoisotopic (exact) mass is 221 g/mol. The Hall–Kier alpha value is -1.22. The van der Waals surface area contributed by atoms with Crippen LogP contribution < -0.4 is 10.5 Å². The van der Waals surface area contributed by atoms with E-state index in [0.717, 1.165) is 36.0 Å². The van der Waals surface area contributed by atoms with E-state index in [9.17, 15) is 5.11 Å². The zero-order valence-corrected chi connectivity index (χ0v) is 10.1. The number of hydrogen-bond acceptors (Lipinski definition) is 3. The summed E-state index contributed by atoms with van der Waals surface area (Å²) >= 11 is 0. The van der Waals surface area contributed by atoms with Crippen molar-refractivity contribution in [3.63, 3.8) is 0 Å². The largest absolute Gasteiger partial charge is 0.504 e. The number of phenolic OH excluding ortho intramolecular Hbond substituents is 1. The molecule has 0 unspecified atom stereocenters. The second-order valence-corrected chi connectivity index (χ2v) is 4.76. The molecule has 0 heterocycles. The van der Waals surface area contributed by atoms with E-state index in [1.165, 1.54) is 0 Å². The smallest absolute Gasteiger partial charge is 0.165 e. The van der Waals surface area contributed by atoms with Crippen LogP contribution in [0.25, 0.3) is 0 Å². The molecule has 2 rings (SSSR count). The fraction of sp³-hybridized carbons (Fsp3) is 0.538. The lowest BCUT2D eigenvalue weighted by molar-refractivity contribution is 0.240. The molecule has 0 aromatic heterocycles. The summed E-state index contributed by atoms with van der Waals surface area (Å²) in [5.74, 6) is 0.777. The maximum Gasteiger partial charge on any atom is 0.165 e. The third-order valence-electron chi connectivity index (χ3n) is 3.75. The highest BCUT2D eigenvalue weighted by Crippen LogP contribution is 2.47. The first-order valence-corrected chi connectivity index (χ1v) is 5.66. The Morgan fingerprint density at radius 1 is 1.38 bits per heavy atom. The van der Waals surface area contributed by atoms with E-state index < -0.39 is 0 Å². The SMILES string of the molecule is COc1c(C2(N)CCC2)cc(C)c(C)c1O. The number of methoxy groups -OCH3 is 1. The molecule has 0 aliphatic heterocycles. The third-order valence-corrected chi connectivity index (χ3v) is 3.75. The van der Waals surface area contributed by atoms with Crippen molar-refractivity contribution in [2.45, 2.75) is 38.6 Å². The number of nitrogens with two attached hydrogens (primary N) is 1. The van der Waals surface area contributed by atoms with Crippen molar-refractivity contribution in [2.75, 3.05) is 7.11 Å². The first-order valence-electron chi connectivity index (χ1n) is 5.66. The van der Waals surface area contributed by atoms with Gasteiger partial charge in [-0.05, 0) is 50.3 Å². The fourth-order valence-electron chi connectivity index (χ4n) is 2.28. The Morgan fingerprint density at radius 2 is 2.00 bits per heavy atom. The van der Waals surface area contributed by atoms with Crippen molar-refractivity contribution in [3.8, 4) is 11.5 Å². The van der Waals surface area contributed by atoms with Crippen LogP contribution in [0.15, 0.2) is 6.07 Å². The number of rotatable bonds is 2. The van der Waals surface area contributed by atoms with Gasteiger partial charge in [0, 0.05) is 11.1 Å². The van der Waals surface area contributed by atoms with E-state index in [1.54, 1.807) is 7.11 Å². The molecule has 1 fully saturated rings. The summed E-state index contributed by atoms with van der Waals surface area (Å²) in [6, 6.07) is 2.05. The highest BCUT2D eigenvalue weighted by atomic mass is 16.5. The number of hydrogen-bond donors (Lipinski definition) is 2. The topological polar surface area (TPSA) is 55.5 Å². The van der Waals surface area contributed by atoms with Crippen molar-refractivity contribution >= 4 is 0 Å². The van der Waals surface area contributed by atoms with Gasteiger partial charge in [0.15, 0.2) is 11.5 Å². The molecule has 1 aromatic carbocycles. The summed E-state index contributed by atoms with van der Waals surface area (Å²) in [6.45, 7) is 3.88. The molecule has 0 bridgehead atoms. The van der Waals surface area contributed by atoms with E-state index in [1.807, 2.05) is 19.9 Å². The van der Waals surface area contributed by atoms with Crippen molar-refractivity contribution in [2.24, 2.45) is 5.73 Å². The van der Waals surface area contributed by atoms with Crippen LogP contribution in [-0.4, -0.2) is 12.2 Å². The maximum absolute atomic E-state index is 10.1. The number of aryl methyl sites for hydroxylation is 1. The summed E-state index contributed by atoms with van der Waals surface area (Å²) in [4.78, 5) is 0. The van der Waals surface area contributed by atoms with Crippen molar-refractivity contribution in [1.82, 2.24) is 0 Å². The lowest BCUT2D eigenvalue weighted by Gasteiger charge is -2.39. The van der Waals surface area contributed by atoms with Crippen LogP contribution in [0.2, 0.25) is 0 Å². The van der Waals surface area contributed by atoms with Gasteiger partial charge in [-0.15, -0.1) is 0 Å². The molecule has 0 spiro atoms. The molecule has 3 nitrogen and oxygen atoms in total. The molecule has 3 heteroatoms. The Labute approximate surface area is 96.2 Å². The Balaban J connectivity index is 2.60. The lowest BCUT2D eigenvalue weighted by Crippen LogP contribution is -2.43. The predicted octanol–water partition coefficient (Wildman–Crippen LogP) is 2.36. The highest BCUT2D eigenvalue weighted by molar-refractivity contribution is 5.56. The molecule has 0 saturated heterocycles. The molecule has 3 N–H and O–H groups in total. The number of aromatic hydroxyl groups is 1. The van der Waals surface area contributed by atoms with Gasteiger partial charge in [0.1, 0.15) is 0 Å². The van der Waals surface area contributed by atoms with Gasteiger partial charge in [-0.2, -0.15) is 0 Å². The summed E-state index contributed by atoms with van der Waals surface area (Å²) in [6.07, 6.45) is 3.07. The number of benzene rings is 1. The summed E-state index contributed by atoms with van der Waals surface area (Å²) < 4.78 is 5.30. The van der Waals surface area contributed by atoms with E-state index in [0.29, 0.717) is 5.75 Å². The van der Waals surface area contributed by atoms with Crippen LogP contribution in [0.3, 0.4) is 0 Å². The molecule has 1 aliphatic rings. The van der Waals surface area contributed by atoms with Gasteiger partial charge in [-0.1, -0.05) is 0 Å². The minimum atomic E-state index is -0.304. The molecule has 1 aliphatic carbocycles. The standard InChI is InChI=1S/C13H19NO2/c1-8-7-10(13(14)5-4-6-13)12(16-3)11(15)9(8)2/h7,15H,4-6,14H2,1-3H3. The number of phenols is 1. The van der Waals surface area contributed by atoms with Gasteiger partial charge in [0.2, 0.25) is 0 Å². The molecule has 1 saturated carbocycles. The van der Waals surface area contributed by atoms with Crippen molar-refractivity contribution in [3.05, 3.63) is 22.8 Å². The normalized spacial score (nSPS) is 18.0. The molecule has 0 atom stereocenters. The van der Waals surface area contributed by atoms with Gasteiger partial charge >= 0.3 is 0 Å². The summed E-state index contributed by atoms with van der Waals surface area (Å²) in [5, 5.41) is 10.1. The van der Waals surface area contributed by atoms with Crippen molar-refractivity contribution < 1.29 is 9.84 Å². The second kappa shape index (κ2) is 3.67. The predicted molar refractivity (Wildman–Crippen MR) is 63.8 cm³/mol. The van der Waals surface area contributed by atoms with Crippen LogP contribution >= 0.6 is 0 Å². The van der Waals surface area contributed by atoms with Gasteiger partial charge in [-0.3, -0.25) is 0 Å². The molecule has 0 amide bonds. The van der Waals surface area contributed by atoms with E-state index in [-0.39, 0.29) is 11.3 Å². The first kappa shape index (κ1) is 11.3. The average molecular weight is 221 g/mol. The van der Waals surface area contributed by atoms with Crippen LogP contribution in [0.4, 0.5) is 0 Å². The van der Waals surface area contributed by atoms with Gasteiger partial charge in [-0.25, -0.2) is 0 Å². The Kier molecular flexibility index (Phi) is 2.58. The lowest BCUT2D eigenvalue weighted by atomic mass is 9.71. The van der Waals surface area contributed by atoms with Gasteiger partial charge in [0.25, 0.3) is 0 Å². The quantitative estimate of drug-likeness (QED) is 0.806. The maximum atomic E-state index is 10.1. The molecule has 0 radical (unpaired) electrons. The molecule has 16 heavy (non-hydrogen) atoms. The molecule has 1 aromatic rings. The average Bonchev–Trinajstić information content (AvgIpc) is 2.22. The first-order chi connectivity index (χ1) is 7.49. The van der Waals surface area contributed by atoms with E-state index in [2.05, 4.69) is 0 Å².